The highest BCUT2D eigenvalue weighted by molar-refractivity contribution is 8.23. The second kappa shape index (κ2) is 10.3. The van der Waals surface area contributed by atoms with Gasteiger partial charge in [0, 0.05) is 60.7 Å². The quantitative estimate of drug-likeness (QED) is 0.277. The summed E-state index contributed by atoms with van der Waals surface area (Å²) >= 11 is 0. The number of benzene rings is 3. The van der Waals surface area contributed by atoms with Crippen LogP contribution in [0.3, 0.4) is 0 Å². The number of halogens is 1. The predicted octanol–water partition coefficient (Wildman–Crippen LogP) is 5.64. The molecule has 11 heteroatoms. The summed E-state index contributed by atoms with van der Waals surface area (Å²) in [5, 5.41) is 4.16. The lowest BCUT2D eigenvalue weighted by Crippen LogP contribution is -2.36. The first-order valence-corrected chi connectivity index (χ1v) is 13.4. The lowest BCUT2D eigenvalue weighted by Gasteiger charge is -2.29. The average Bonchev–Trinajstić information content (AvgIpc) is 2.90. The van der Waals surface area contributed by atoms with E-state index in [0.29, 0.717) is 54.2 Å². The van der Waals surface area contributed by atoms with Gasteiger partial charge in [-0.1, -0.05) is 24.3 Å². The Morgan fingerprint density at radius 2 is 1.86 bits per heavy atom. The number of hydrogen-bond donors (Lipinski definition) is 3. The standard InChI is InChI=1S/C26H25FN4O5S.H2/c1-37(33,34)26-28-9-8-24(30-26)36-23-7-6-22(20-4-2-3-5-21(20)23)29-25(32)17-14-18(27)16-19(15-17)31-10-12-35-13-11-31;/h2-9,14-16,33-34H,10-13H2,1H3,(H,29,32);1H. The second-order valence-electron chi connectivity index (χ2n) is 8.52. The lowest BCUT2D eigenvalue weighted by atomic mass is 10.1. The van der Waals surface area contributed by atoms with Crippen LogP contribution in [0.2, 0.25) is 0 Å². The van der Waals surface area contributed by atoms with Crippen molar-refractivity contribution in [2.24, 2.45) is 0 Å². The summed E-state index contributed by atoms with van der Waals surface area (Å²) in [6.07, 6.45) is 2.62. The van der Waals surface area contributed by atoms with E-state index in [9.17, 15) is 18.3 Å². The molecule has 0 spiro atoms. The number of amides is 1. The highest BCUT2D eigenvalue weighted by Crippen LogP contribution is 2.42. The third-order valence-corrected chi connectivity index (χ3v) is 6.71. The van der Waals surface area contributed by atoms with E-state index in [4.69, 9.17) is 9.47 Å². The molecule has 0 atom stereocenters. The first-order valence-electron chi connectivity index (χ1n) is 11.5. The van der Waals surface area contributed by atoms with Crippen molar-refractivity contribution in [1.82, 2.24) is 9.97 Å². The Bertz CT molecular complexity index is 1460. The van der Waals surface area contributed by atoms with Crippen molar-refractivity contribution in [2.45, 2.75) is 5.16 Å². The van der Waals surface area contributed by atoms with E-state index in [2.05, 4.69) is 15.3 Å². The van der Waals surface area contributed by atoms with Crippen molar-refractivity contribution in [3.8, 4) is 11.6 Å². The molecule has 5 rings (SSSR count). The molecule has 1 saturated heterocycles. The molecule has 3 N–H and O–H groups in total. The van der Waals surface area contributed by atoms with Crippen LogP contribution in [-0.4, -0.2) is 57.5 Å². The molecule has 0 radical (unpaired) electrons. The molecule has 0 bridgehead atoms. The minimum Gasteiger partial charge on any atom is -0.438 e. The molecule has 9 nitrogen and oxygen atoms in total. The van der Waals surface area contributed by atoms with Crippen LogP contribution >= 0.6 is 10.6 Å². The summed E-state index contributed by atoms with van der Waals surface area (Å²) in [5.74, 6) is -0.340. The largest absolute Gasteiger partial charge is 0.438 e. The number of carbonyl (C=O) groups is 1. The van der Waals surface area contributed by atoms with Crippen LogP contribution in [0.25, 0.3) is 10.8 Å². The van der Waals surface area contributed by atoms with Gasteiger partial charge in [0.15, 0.2) is 0 Å². The topological polar surface area (TPSA) is 117 Å². The Hall–Kier alpha value is -3.77. The van der Waals surface area contributed by atoms with Crippen molar-refractivity contribution in [2.75, 3.05) is 42.8 Å². The number of hydrogen-bond acceptors (Lipinski definition) is 8. The van der Waals surface area contributed by atoms with Gasteiger partial charge < -0.3 is 19.7 Å². The molecule has 0 saturated carbocycles. The zero-order valence-corrected chi connectivity index (χ0v) is 20.7. The molecule has 1 aliphatic heterocycles. The van der Waals surface area contributed by atoms with E-state index in [1.54, 1.807) is 18.2 Å². The normalized spacial score (nSPS) is 14.4. The number of fused-ring (bicyclic) bond motifs is 1. The van der Waals surface area contributed by atoms with Gasteiger partial charge in [0.05, 0.1) is 13.2 Å². The van der Waals surface area contributed by atoms with Gasteiger partial charge in [0.2, 0.25) is 11.0 Å². The van der Waals surface area contributed by atoms with E-state index in [1.165, 1.54) is 30.7 Å². The second-order valence-corrected chi connectivity index (χ2v) is 10.6. The van der Waals surface area contributed by atoms with Crippen LogP contribution in [0.5, 0.6) is 11.6 Å². The van der Waals surface area contributed by atoms with Crippen LogP contribution < -0.4 is 15.0 Å². The van der Waals surface area contributed by atoms with E-state index in [1.807, 2.05) is 29.2 Å². The molecular weight excluding hydrogens is 499 g/mol. The minimum atomic E-state index is -3.11. The molecule has 37 heavy (non-hydrogen) atoms. The van der Waals surface area contributed by atoms with E-state index in [-0.39, 0.29) is 18.0 Å². The van der Waals surface area contributed by atoms with Crippen molar-refractivity contribution in [3.05, 3.63) is 78.2 Å². The van der Waals surface area contributed by atoms with Gasteiger partial charge in [-0.2, -0.15) is 4.98 Å². The highest BCUT2D eigenvalue weighted by Gasteiger charge is 2.18. The van der Waals surface area contributed by atoms with Gasteiger partial charge in [-0.25, -0.2) is 9.37 Å². The van der Waals surface area contributed by atoms with Gasteiger partial charge in [-0.05, 0) is 30.3 Å². The van der Waals surface area contributed by atoms with Gasteiger partial charge in [-0.3, -0.25) is 13.9 Å². The third-order valence-electron chi connectivity index (χ3n) is 5.82. The third kappa shape index (κ3) is 5.65. The molecule has 1 fully saturated rings. The summed E-state index contributed by atoms with van der Waals surface area (Å²) < 4.78 is 45.4. The van der Waals surface area contributed by atoms with Crippen molar-refractivity contribution < 1.29 is 29.2 Å². The summed E-state index contributed by atoms with van der Waals surface area (Å²) in [6, 6.07) is 16.5. The van der Waals surface area contributed by atoms with Crippen molar-refractivity contribution in [1.29, 1.82) is 0 Å². The molecule has 0 unspecified atom stereocenters. The van der Waals surface area contributed by atoms with E-state index < -0.39 is 22.3 Å². The monoisotopic (exact) mass is 526 g/mol. The Balaban J connectivity index is 0.00000336. The molecule has 3 aromatic carbocycles. The number of rotatable bonds is 6. The molecule has 1 aliphatic rings. The van der Waals surface area contributed by atoms with Crippen molar-refractivity contribution >= 4 is 38.6 Å². The molecule has 1 amide bonds. The first kappa shape index (κ1) is 24.9. The van der Waals surface area contributed by atoms with Gasteiger partial charge >= 0.3 is 0 Å². The van der Waals surface area contributed by atoms with E-state index in [0.717, 1.165) is 0 Å². The predicted molar refractivity (Wildman–Crippen MR) is 143 cm³/mol. The van der Waals surface area contributed by atoms with Crippen LogP contribution in [-0.2, 0) is 4.74 Å². The van der Waals surface area contributed by atoms with Gasteiger partial charge in [0.25, 0.3) is 5.91 Å². The number of anilines is 2. The van der Waals surface area contributed by atoms with Crippen LogP contribution in [0.1, 0.15) is 11.8 Å². The number of aromatic nitrogens is 2. The number of nitrogens with one attached hydrogen (secondary N) is 1. The van der Waals surface area contributed by atoms with Crippen LogP contribution in [0.4, 0.5) is 15.8 Å². The first-order chi connectivity index (χ1) is 17.8. The maximum absolute atomic E-state index is 14.4. The Labute approximate surface area is 215 Å². The fourth-order valence-electron chi connectivity index (χ4n) is 4.05. The number of morpholine rings is 1. The SMILES string of the molecule is CS(O)(O)c1nccc(Oc2ccc(NC(=O)c3cc(F)cc(N4CCOCC4)c3)c3ccccc23)n1.[HH]. The molecule has 0 aliphatic carbocycles. The fraction of sp³-hybridized carbons (Fsp3) is 0.192. The fourth-order valence-corrected chi connectivity index (χ4v) is 4.58. The Morgan fingerprint density at radius 3 is 2.62 bits per heavy atom. The zero-order chi connectivity index (χ0) is 26.0. The van der Waals surface area contributed by atoms with Gasteiger partial charge in [0.1, 0.15) is 11.6 Å². The molecule has 194 valence electrons. The summed E-state index contributed by atoms with van der Waals surface area (Å²) in [4.78, 5) is 23.1. The molecular formula is C26H27FN4O5S. The summed E-state index contributed by atoms with van der Waals surface area (Å²) in [7, 11) is -3.11. The molecule has 4 aromatic rings. The molecule has 2 heterocycles. The smallest absolute Gasteiger partial charge is 0.255 e. The lowest BCUT2D eigenvalue weighted by molar-refractivity contribution is 0.102. The van der Waals surface area contributed by atoms with Crippen molar-refractivity contribution in [3.63, 3.8) is 0 Å². The number of carbonyl (C=O) groups excluding carboxylic acids is 1. The number of ether oxygens (including phenoxy) is 2. The zero-order valence-electron chi connectivity index (χ0n) is 19.9. The van der Waals surface area contributed by atoms with Gasteiger partial charge in [-0.15, -0.1) is 10.6 Å². The minimum absolute atomic E-state index is 0. The van der Waals surface area contributed by atoms with Crippen LogP contribution in [0, 0.1) is 5.82 Å². The molecule has 1 aromatic heterocycles. The van der Waals surface area contributed by atoms with Crippen LogP contribution in [0.15, 0.2) is 72.0 Å². The van der Waals surface area contributed by atoms with E-state index >= 15 is 0 Å². The Kier molecular flexibility index (Phi) is 6.94. The average molecular weight is 527 g/mol. The Morgan fingerprint density at radius 1 is 1.11 bits per heavy atom. The maximum atomic E-state index is 14.4. The summed E-state index contributed by atoms with van der Waals surface area (Å²) in [5.41, 5.74) is 1.36. The highest BCUT2D eigenvalue weighted by atomic mass is 32.3. The number of nitrogens with zero attached hydrogens (tertiary/aromatic N) is 3. The summed E-state index contributed by atoms with van der Waals surface area (Å²) in [6.45, 7) is 2.35. The maximum Gasteiger partial charge on any atom is 0.255 e.